The zero-order valence-electron chi connectivity index (χ0n) is 15.6. The molecule has 0 heterocycles. The van der Waals surface area contributed by atoms with Crippen molar-refractivity contribution in [3.05, 3.63) is 59.7 Å². The number of benzene rings is 2. The van der Waals surface area contributed by atoms with Gasteiger partial charge in [-0.3, -0.25) is 9.11 Å². The van der Waals surface area contributed by atoms with Gasteiger partial charge in [-0.25, -0.2) is 0 Å². The molecule has 0 fully saturated rings. The minimum absolute atomic E-state index is 0.0797. The van der Waals surface area contributed by atoms with Crippen LogP contribution in [0.2, 0.25) is 0 Å². The lowest BCUT2D eigenvalue weighted by Gasteiger charge is -2.05. The SMILES string of the molecule is O=S(=O)(O)c1ccc(CCCCCCCCc2ccc(S(=O)(=O)O)cc2)cc1. The van der Waals surface area contributed by atoms with Gasteiger partial charge in [0, 0.05) is 0 Å². The third-order valence-electron chi connectivity index (χ3n) is 4.62. The molecule has 6 nitrogen and oxygen atoms in total. The Morgan fingerprint density at radius 2 is 0.786 bits per heavy atom. The predicted octanol–water partition coefficient (Wildman–Crippen LogP) is 4.31. The van der Waals surface area contributed by atoms with Gasteiger partial charge in [-0.15, -0.1) is 0 Å². The van der Waals surface area contributed by atoms with Crippen LogP contribution in [0.4, 0.5) is 0 Å². The minimum Gasteiger partial charge on any atom is -0.282 e. The normalized spacial score (nSPS) is 12.2. The summed E-state index contributed by atoms with van der Waals surface area (Å²) in [5.41, 5.74) is 2.11. The summed E-state index contributed by atoms with van der Waals surface area (Å²) >= 11 is 0. The highest BCUT2D eigenvalue weighted by atomic mass is 32.2. The Kier molecular flexibility index (Phi) is 8.18. The first-order valence-electron chi connectivity index (χ1n) is 9.29. The van der Waals surface area contributed by atoms with Crippen molar-refractivity contribution in [3.8, 4) is 0 Å². The van der Waals surface area contributed by atoms with Crippen LogP contribution in [0.3, 0.4) is 0 Å². The van der Waals surface area contributed by atoms with Crippen LogP contribution in [0.15, 0.2) is 58.3 Å². The Bertz CT molecular complexity index is 865. The van der Waals surface area contributed by atoms with E-state index in [0.717, 1.165) is 62.5 Å². The first-order chi connectivity index (χ1) is 13.2. The Labute approximate surface area is 167 Å². The summed E-state index contributed by atoms with van der Waals surface area (Å²) in [5, 5.41) is 0. The monoisotopic (exact) mass is 426 g/mol. The van der Waals surface area contributed by atoms with E-state index in [9.17, 15) is 16.8 Å². The molecule has 0 aliphatic carbocycles. The molecule has 2 N–H and O–H groups in total. The number of aryl methyl sites for hydroxylation is 2. The molecule has 2 rings (SSSR count). The van der Waals surface area contributed by atoms with E-state index in [4.69, 9.17) is 9.11 Å². The molecule has 2 aromatic rings. The highest BCUT2D eigenvalue weighted by Crippen LogP contribution is 2.15. The van der Waals surface area contributed by atoms with Gasteiger partial charge >= 0.3 is 0 Å². The summed E-state index contributed by atoms with van der Waals surface area (Å²) in [6.07, 6.45) is 8.28. The molecule has 0 atom stereocenters. The van der Waals surface area contributed by atoms with Crippen molar-refractivity contribution < 1.29 is 25.9 Å². The van der Waals surface area contributed by atoms with Crippen LogP contribution in [0.25, 0.3) is 0 Å². The molecule has 154 valence electrons. The van der Waals surface area contributed by atoms with Crippen molar-refractivity contribution in [2.24, 2.45) is 0 Å². The summed E-state index contributed by atoms with van der Waals surface area (Å²) < 4.78 is 61.9. The molecule has 0 unspecified atom stereocenters. The summed E-state index contributed by atoms with van der Waals surface area (Å²) in [5.74, 6) is 0. The van der Waals surface area contributed by atoms with Crippen LogP contribution in [-0.4, -0.2) is 25.9 Å². The topological polar surface area (TPSA) is 109 Å². The van der Waals surface area contributed by atoms with E-state index in [1.807, 2.05) is 0 Å². The molecule has 0 saturated heterocycles. The lowest BCUT2D eigenvalue weighted by Crippen LogP contribution is -1.98. The molecule has 2 aromatic carbocycles. The second-order valence-electron chi connectivity index (χ2n) is 6.86. The highest BCUT2D eigenvalue weighted by molar-refractivity contribution is 7.86. The van der Waals surface area contributed by atoms with Gasteiger partial charge in [-0.2, -0.15) is 16.8 Å². The van der Waals surface area contributed by atoms with Crippen LogP contribution >= 0.6 is 0 Å². The maximum atomic E-state index is 11.0. The lowest BCUT2D eigenvalue weighted by molar-refractivity contribution is 0.481. The molecule has 0 radical (unpaired) electrons. The van der Waals surface area contributed by atoms with E-state index in [-0.39, 0.29) is 9.79 Å². The second-order valence-corrected chi connectivity index (χ2v) is 9.70. The number of rotatable bonds is 11. The van der Waals surface area contributed by atoms with Crippen molar-refractivity contribution in [3.63, 3.8) is 0 Å². The van der Waals surface area contributed by atoms with Gasteiger partial charge in [0.25, 0.3) is 20.2 Å². The maximum Gasteiger partial charge on any atom is 0.294 e. The molecule has 0 aliphatic rings. The highest BCUT2D eigenvalue weighted by Gasteiger charge is 2.09. The molecule has 0 aliphatic heterocycles. The fraction of sp³-hybridized carbons (Fsp3) is 0.400. The first kappa shape index (κ1) is 22.5. The van der Waals surface area contributed by atoms with Crippen LogP contribution in [0, 0.1) is 0 Å². The van der Waals surface area contributed by atoms with Gasteiger partial charge in [0.2, 0.25) is 0 Å². The average Bonchev–Trinajstić information content (AvgIpc) is 2.63. The van der Waals surface area contributed by atoms with Crippen molar-refractivity contribution >= 4 is 20.2 Å². The van der Waals surface area contributed by atoms with E-state index in [1.54, 1.807) is 24.3 Å². The summed E-state index contributed by atoms with van der Waals surface area (Å²) in [6.45, 7) is 0. The summed E-state index contributed by atoms with van der Waals surface area (Å²) in [6, 6.07) is 12.6. The van der Waals surface area contributed by atoms with Gasteiger partial charge in [-0.05, 0) is 61.1 Å². The van der Waals surface area contributed by atoms with Gasteiger partial charge in [-0.1, -0.05) is 49.9 Å². The summed E-state index contributed by atoms with van der Waals surface area (Å²) in [7, 11) is -8.25. The van der Waals surface area contributed by atoms with Crippen LogP contribution in [-0.2, 0) is 33.1 Å². The molecule has 0 spiro atoms. The number of unbranched alkanes of at least 4 members (excludes halogenated alkanes) is 5. The molecule has 0 bridgehead atoms. The van der Waals surface area contributed by atoms with E-state index in [0.29, 0.717) is 0 Å². The zero-order valence-corrected chi connectivity index (χ0v) is 17.3. The van der Waals surface area contributed by atoms with E-state index in [1.165, 1.54) is 24.3 Å². The molecule has 0 saturated carbocycles. The van der Waals surface area contributed by atoms with Crippen LogP contribution < -0.4 is 0 Å². The van der Waals surface area contributed by atoms with Gasteiger partial charge < -0.3 is 0 Å². The van der Waals surface area contributed by atoms with E-state index >= 15 is 0 Å². The van der Waals surface area contributed by atoms with Crippen molar-refractivity contribution in [1.29, 1.82) is 0 Å². The molecular weight excluding hydrogens is 400 g/mol. The Morgan fingerprint density at radius 3 is 1.07 bits per heavy atom. The van der Waals surface area contributed by atoms with Gasteiger partial charge in [0.15, 0.2) is 0 Å². The van der Waals surface area contributed by atoms with Crippen molar-refractivity contribution in [2.45, 2.75) is 61.2 Å². The van der Waals surface area contributed by atoms with Crippen molar-refractivity contribution in [2.75, 3.05) is 0 Å². The van der Waals surface area contributed by atoms with E-state index < -0.39 is 20.2 Å². The van der Waals surface area contributed by atoms with E-state index in [2.05, 4.69) is 0 Å². The predicted molar refractivity (Wildman–Crippen MR) is 108 cm³/mol. The summed E-state index contributed by atoms with van der Waals surface area (Å²) in [4.78, 5) is -0.159. The van der Waals surface area contributed by atoms with Crippen LogP contribution in [0.1, 0.15) is 49.7 Å². The number of hydrogen-bond donors (Lipinski definition) is 2. The standard InChI is InChI=1S/C20H26O6S2/c21-27(22,23)19-13-9-17(10-14-19)7-5-3-1-2-4-6-8-18-11-15-20(16-12-18)28(24,25)26/h9-16H,1-8H2,(H,21,22,23)(H,24,25,26). The lowest BCUT2D eigenvalue weighted by atomic mass is 10.0. The molecule has 8 heteroatoms. The van der Waals surface area contributed by atoms with Crippen LogP contribution in [0.5, 0.6) is 0 Å². The molecular formula is C20H26O6S2. The second kappa shape index (κ2) is 10.2. The smallest absolute Gasteiger partial charge is 0.282 e. The maximum absolute atomic E-state index is 11.0. The minimum atomic E-state index is -4.12. The quantitative estimate of drug-likeness (QED) is 0.409. The largest absolute Gasteiger partial charge is 0.294 e. The average molecular weight is 427 g/mol. The van der Waals surface area contributed by atoms with Gasteiger partial charge in [0.05, 0.1) is 9.79 Å². The fourth-order valence-corrected chi connectivity index (χ4v) is 3.98. The Hall–Kier alpha value is -1.74. The van der Waals surface area contributed by atoms with Gasteiger partial charge in [0.1, 0.15) is 0 Å². The van der Waals surface area contributed by atoms with Crippen molar-refractivity contribution in [1.82, 2.24) is 0 Å². The Balaban J connectivity index is 1.57. The molecule has 0 aromatic heterocycles. The molecule has 0 amide bonds. The third kappa shape index (κ3) is 7.71. The zero-order chi connectivity index (χ0) is 20.6. The fourth-order valence-electron chi connectivity index (χ4n) is 3.02. The number of hydrogen-bond acceptors (Lipinski definition) is 4. The first-order valence-corrected chi connectivity index (χ1v) is 12.2. The molecule has 28 heavy (non-hydrogen) atoms. The Morgan fingerprint density at radius 1 is 0.500 bits per heavy atom. The third-order valence-corrected chi connectivity index (χ3v) is 6.36.